The van der Waals surface area contributed by atoms with Crippen molar-refractivity contribution < 1.29 is 0 Å². The van der Waals surface area contributed by atoms with Crippen LogP contribution in [0.15, 0.2) is 0 Å². The zero-order chi connectivity index (χ0) is 7.03. The lowest BCUT2D eigenvalue weighted by Gasteiger charge is -2.08. The lowest BCUT2D eigenvalue weighted by atomic mass is 9.97. The summed E-state index contributed by atoms with van der Waals surface area (Å²) in [6, 6.07) is 0.825. The van der Waals surface area contributed by atoms with Gasteiger partial charge >= 0.3 is 0 Å². The number of hydrogen-bond donors (Lipinski definition) is 1. The lowest BCUT2D eigenvalue weighted by Crippen LogP contribution is -2.14. The van der Waals surface area contributed by atoms with Crippen LogP contribution >= 0.6 is 0 Å². The molecule has 1 N–H and O–H groups in total. The van der Waals surface area contributed by atoms with Crippen LogP contribution in [0.1, 0.15) is 45.4 Å². The SMILES string of the molecule is C[C@H]1NC12CCCCCC2. The van der Waals surface area contributed by atoms with Gasteiger partial charge in [0.1, 0.15) is 0 Å². The minimum atomic E-state index is 0.622. The van der Waals surface area contributed by atoms with Crippen LogP contribution in [0.4, 0.5) is 0 Å². The van der Waals surface area contributed by atoms with E-state index in [-0.39, 0.29) is 0 Å². The van der Waals surface area contributed by atoms with Crippen molar-refractivity contribution in [3.8, 4) is 0 Å². The molecule has 0 aromatic rings. The van der Waals surface area contributed by atoms with E-state index in [1.807, 2.05) is 0 Å². The molecule has 2 aliphatic rings. The first-order valence-corrected chi connectivity index (χ1v) is 4.61. The average molecular weight is 139 g/mol. The first-order chi connectivity index (χ1) is 4.83. The highest BCUT2D eigenvalue weighted by molar-refractivity contribution is 5.11. The van der Waals surface area contributed by atoms with Gasteiger partial charge in [0.2, 0.25) is 0 Å². The summed E-state index contributed by atoms with van der Waals surface area (Å²) >= 11 is 0. The third-order valence-electron chi connectivity index (χ3n) is 3.25. The van der Waals surface area contributed by atoms with E-state index in [9.17, 15) is 0 Å². The summed E-state index contributed by atoms with van der Waals surface area (Å²) in [5.74, 6) is 0. The smallest absolute Gasteiger partial charge is 0.0335 e. The van der Waals surface area contributed by atoms with Crippen molar-refractivity contribution in [3.05, 3.63) is 0 Å². The topological polar surface area (TPSA) is 21.9 Å². The molecule has 1 saturated carbocycles. The molecule has 10 heavy (non-hydrogen) atoms. The zero-order valence-corrected chi connectivity index (χ0v) is 6.82. The van der Waals surface area contributed by atoms with Gasteiger partial charge in [-0.25, -0.2) is 0 Å². The molecular formula is C9H17N. The predicted octanol–water partition coefficient (Wildman–Crippen LogP) is 2.07. The second-order valence-corrected chi connectivity index (χ2v) is 3.94. The van der Waals surface area contributed by atoms with E-state index in [1.165, 1.54) is 38.5 Å². The number of hydrogen-bond acceptors (Lipinski definition) is 1. The van der Waals surface area contributed by atoms with Crippen molar-refractivity contribution >= 4 is 0 Å². The molecule has 1 aliphatic carbocycles. The van der Waals surface area contributed by atoms with Gasteiger partial charge in [0.05, 0.1) is 0 Å². The van der Waals surface area contributed by atoms with Crippen LogP contribution < -0.4 is 5.32 Å². The highest BCUT2D eigenvalue weighted by Crippen LogP contribution is 2.39. The van der Waals surface area contributed by atoms with Crippen molar-refractivity contribution in [1.82, 2.24) is 5.32 Å². The van der Waals surface area contributed by atoms with Gasteiger partial charge in [-0.3, -0.25) is 0 Å². The Bertz CT molecular complexity index is 123. The summed E-state index contributed by atoms with van der Waals surface area (Å²) in [7, 11) is 0. The fourth-order valence-electron chi connectivity index (χ4n) is 2.33. The summed E-state index contributed by atoms with van der Waals surface area (Å²) in [5, 5.41) is 3.59. The fraction of sp³-hybridized carbons (Fsp3) is 1.00. The van der Waals surface area contributed by atoms with Gasteiger partial charge in [-0.15, -0.1) is 0 Å². The second kappa shape index (κ2) is 2.23. The molecule has 1 nitrogen and oxygen atoms in total. The van der Waals surface area contributed by atoms with Crippen LogP contribution in [-0.2, 0) is 0 Å². The third kappa shape index (κ3) is 0.968. The van der Waals surface area contributed by atoms with E-state index >= 15 is 0 Å². The lowest BCUT2D eigenvalue weighted by molar-refractivity contribution is 0.525. The van der Waals surface area contributed by atoms with E-state index < -0.39 is 0 Å². The maximum Gasteiger partial charge on any atom is 0.0335 e. The van der Waals surface area contributed by atoms with E-state index in [1.54, 1.807) is 0 Å². The van der Waals surface area contributed by atoms with Crippen LogP contribution in [-0.4, -0.2) is 11.6 Å². The van der Waals surface area contributed by atoms with Crippen molar-refractivity contribution in [2.24, 2.45) is 0 Å². The molecule has 1 aliphatic heterocycles. The molecule has 58 valence electrons. The second-order valence-electron chi connectivity index (χ2n) is 3.94. The zero-order valence-electron chi connectivity index (χ0n) is 6.82. The molecule has 1 heterocycles. The maximum atomic E-state index is 3.59. The molecule has 0 amide bonds. The van der Waals surface area contributed by atoms with Gasteiger partial charge in [0.15, 0.2) is 0 Å². The van der Waals surface area contributed by atoms with Crippen LogP contribution in [0, 0.1) is 0 Å². The molecule has 1 heteroatoms. The minimum Gasteiger partial charge on any atom is -0.305 e. The van der Waals surface area contributed by atoms with Gasteiger partial charge in [-0.1, -0.05) is 25.7 Å². The van der Waals surface area contributed by atoms with Gasteiger partial charge in [-0.2, -0.15) is 0 Å². The Labute approximate surface area is 63.2 Å². The summed E-state index contributed by atoms with van der Waals surface area (Å²) in [6.07, 6.45) is 8.73. The van der Waals surface area contributed by atoms with E-state index in [0.29, 0.717) is 5.54 Å². The molecule has 1 spiro atoms. The fourth-order valence-corrected chi connectivity index (χ4v) is 2.33. The normalized spacial score (nSPS) is 37.5. The number of rotatable bonds is 0. The van der Waals surface area contributed by atoms with Gasteiger partial charge in [-0.05, 0) is 19.8 Å². The predicted molar refractivity (Wildman–Crippen MR) is 43.0 cm³/mol. The first kappa shape index (κ1) is 6.66. The Kier molecular flexibility index (Phi) is 1.48. The standard InChI is InChI=1S/C9H17N/c1-8-9(10-8)6-4-2-3-5-7-9/h8,10H,2-7H2,1H3/t8-/m1/s1. The monoisotopic (exact) mass is 139 g/mol. The Morgan fingerprint density at radius 3 is 2.00 bits per heavy atom. The molecule has 0 aromatic carbocycles. The van der Waals surface area contributed by atoms with Crippen LogP contribution in [0.25, 0.3) is 0 Å². The molecule has 0 radical (unpaired) electrons. The summed E-state index contributed by atoms with van der Waals surface area (Å²) in [6.45, 7) is 2.32. The number of nitrogens with one attached hydrogen (secondary N) is 1. The van der Waals surface area contributed by atoms with Crippen molar-refractivity contribution in [3.63, 3.8) is 0 Å². The van der Waals surface area contributed by atoms with Gasteiger partial charge in [0, 0.05) is 11.6 Å². The van der Waals surface area contributed by atoms with E-state index in [2.05, 4.69) is 12.2 Å². The van der Waals surface area contributed by atoms with Crippen LogP contribution in [0.3, 0.4) is 0 Å². The highest BCUT2D eigenvalue weighted by atomic mass is 15.2. The average Bonchev–Trinajstić information content (AvgIpc) is 2.60. The van der Waals surface area contributed by atoms with Crippen LogP contribution in [0.2, 0.25) is 0 Å². The first-order valence-electron chi connectivity index (χ1n) is 4.61. The highest BCUT2D eigenvalue weighted by Gasteiger charge is 2.49. The van der Waals surface area contributed by atoms with Crippen LogP contribution in [0.5, 0.6) is 0 Å². The molecule has 0 aromatic heterocycles. The Morgan fingerprint density at radius 1 is 1.10 bits per heavy atom. The minimum absolute atomic E-state index is 0.622. The largest absolute Gasteiger partial charge is 0.305 e. The molecule has 2 fully saturated rings. The van der Waals surface area contributed by atoms with Crippen molar-refractivity contribution in [2.45, 2.75) is 57.0 Å². The third-order valence-corrected chi connectivity index (χ3v) is 3.25. The molecule has 0 bridgehead atoms. The maximum absolute atomic E-state index is 3.59. The molecule has 0 unspecified atom stereocenters. The van der Waals surface area contributed by atoms with Crippen molar-refractivity contribution in [1.29, 1.82) is 0 Å². The van der Waals surface area contributed by atoms with Crippen molar-refractivity contribution in [2.75, 3.05) is 0 Å². The molecule has 1 saturated heterocycles. The molecular weight excluding hydrogens is 122 g/mol. The summed E-state index contributed by atoms with van der Waals surface area (Å²) < 4.78 is 0. The van der Waals surface area contributed by atoms with Gasteiger partial charge < -0.3 is 5.32 Å². The summed E-state index contributed by atoms with van der Waals surface area (Å²) in [5.41, 5.74) is 0.622. The van der Waals surface area contributed by atoms with Gasteiger partial charge in [0.25, 0.3) is 0 Å². The Balaban J connectivity index is 1.95. The van der Waals surface area contributed by atoms with E-state index in [0.717, 1.165) is 6.04 Å². The van der Waals surface area contributed by atoms with E-state index in [4.69, 9.17) is 0 Å². The summed E-state index contributed by atoms with van der Waals surface area (Å²) in [4.78, 5) is 0. The Morgan fingerprint density at radius 2 is 1.60 bits per heavy atom. The Hall–Kier alpha value is -0.0400. The molecule has 2 rings (SSSR count). The quantitative estimate of drug-likeness (QED) is 0.510. The molecule has 1 atom stereocenters.